The van der Waals surface area contributed by atoms with Gasteiger partial charge in [0.1, 0.15) is 34.9 Å². The number of rotatable bonds is 13. The zero-order valence-electron chi connectivity index (χ0n) is 29.3. The van der Waals surface area contributed by atoms with Crippen molar-refractivity contribution < 1.29 is 33.3 Å². The maximum absolute atomic E-state index is 13.4. The minimum absolute atomic E-state index is 0.0962. The van der Waals surface area contributed by atoms with E-state index in [1.165, 1.54) is 4.90 Å². The molecule has 0 aliphatic carbocycles. The first-order valence-electron chi connectivity index (χ1n) is 16.2. The van der Waals surface area contributed by atoms with Crippen LogP contribution in [0.3, 0.4) is 0 Å². The first-order chi connectivity index (χ1) is 21.7. The summed E-state index contributed by atoms with van der Waals surface area (Å²) in [5.41, 5.74) is 4.58. The van der Waals surface area contributed by atoms with Crippen molar-refractivity contribution in [1.82, 2.24) is 15.5 Å². The van der Waals surface area contributed by atoms with Crippen LogP contribution in [0.15, 0.2) is 24.3 Å². The third-order valence-electron chi connectivity index (χ3n) is 8.17. The van der Waals surface area contributed by atoms with Crippen LogP contribution in [0, 0.1) is 20.8 Å². The number of nitrogens with one attached hydrogen (secondary N) is 2. The molecule has 0 radical (unpaired) electrons. The van der Waals surface area contributed by atoms with Gasteiger partial charge in [-0.25, -0.2) is 4.79 Å². The van der Waals surface area contributed by atoms with Gasteiger partial charge >= 0.3 is 6.09 Å². The van der Waals surface area contributed by atoms with E-state index in [1.54, 1.807) is 35.0 Å². The van der Waals surface area contributed by atoms with Crippen LogP contribution < -0.4 is 24.8 Å². The van der Waals surface area contributed by atoms with E-state index in [1.807, 2.05) is 52.0 Å². The summed E-state index contributed by atoms with van der Waals surface area (Å²) in [5, 5.41) is 5.82. The lowest BCUT2D eigenvalue weighted by Gasteiger charge is -2.29. The van der Waals surface area contributed by atoms with E-state index in [0.717, 1.165) is 57.9 Å². The van der Waals surface area contributed by atoms with Crippen molar-refractivity contribution in [3.63, 3.8) is 0 Å². The van der Waals surface area contributed by atoms with Gasteiger partial charge in [0, 0.05) is 24.6 Å². The van der Waals surface area contributed by atoms with Gasteiger partial charge in [0.15, 0.2) is 0 Å². The normalized spacial score (nSPS) is 15.4. The maximum Gasteiger partial charge on any atom is 0.410 e. The van der Waals surface area contributed by atoms with Crippen LogP contribution in [0.25, 0.3) is 0 Å². The molecule has 2 unspecified atom stereocenters. The first kappa shape index (κ1) is 36.5. The van der Waals surface area contributed by atoms with Crippen LogP contribution in [0.2, 0.25) is 0 Å². The lowest BCUT2D eigenvalue weighted by molar-refractivity contribution is -0.131. The van der Waals surface area contributed by atoms with Gasteiger partial charge in [-0.05, 0) is 115 Å². The molecule has 0 bridgehead atoms. The van der Waals surface area contributed by atoms with Crippen LogP contribution in [0.1, 0.15) is 81.7 Å². The molecule has 46 heavy (non-hydrogen) atoms. The van der Waals surface area contributed by atoms with E-state index in [9.17, 15) is 14.4 Å². The van der Waals surface area contributed by atoms with E-state index in [0.29, 0.717) is 26.0 Å². The Bertz CT molecular complexity index is 1370. The number of ether oxygens (including phenoxy) is 4. The zero-order valence-corrected chi connectivity index (χ0v) is 29.3. The first-order valence-corrected chi connectivity index (χ1v) is 16.2. The van der Waals surface area contributed by atoms with E-state index < -0.39 is 23.8 Å². The van der Waals surface area contributed by atoms with Crippen molar-refractivity contribution in [3.8, 4) is 17.2 Å². The number of benzene rings is 2. The van der Waals surface area contributed by atoms with Gasteiger partial charge in [0.05, 0.1) is 20.8 Å². The Hall–Kier alpha value is -3.95. The average Bonchev–Trinajstić information content (AvgIpc) is 3.48. The van der Waals surface area contributed by atoms with E-state index >= 15 is 0 Å². The maximum atomic E-state index is 13.4. The molecular formula is C36H53N3O7. The summed E-state index contributed by atoms with van der Waals surface area (Å²) in [6.45, 7) is 16.2. The molecule has 2 atom stereocenters. The third kappa shape index (κ3) is 9.53. The second-order valence-corrected chi connectivity index (χ2v) is 13.3. The predicted molar refractivity (Wildman–Crippen MR) is 179 cm³/mol. The number of hydrogen-bond donors (Lipinski definition) is 2. The van der Waals surface area contributed by atoms with Crippen LogP contribution in [-0.2, 0) is 27.2 Å². The Morgan fingerprint density at radius 3 is 2.15 bits per heavy atom. The number of carbonyl (C=O) groups excluding carboxylic acids is 3. The van der Waals surface area contributed by atoms with Gasteiger partial charge in [0.25, 0.3) is 0 Å². The fourth-order valence-electron chi connectivity index (χ4n) is 5.88. The average molecular weight is 640 g/mol. The second kappa shape index (κ2) is 16.1. The van der Waals surface area contributed by atoms with Crippen molar-refractivity contribution in [2.24, 2.45) is 0 Å². The molecule has 3 rings (SSSR count). The van der Waals surface area contributed by atoms with E-state index in [4.69, 9.17) is 18.9 Å². The Morgan fingerprint density at radius 2 is 1.57 bits per heavy atom. The number of hydrogen-bond acceptors (Lipinski definition) is 7. The minimum atomic E-state index is -0.809. The minimum Gasteiger partial charge on any atom is -0.496 e. The summed E-state index contributed by atoms with van der Waals surface area (Å²) >= 11 is 0. The Morgan fingerprint density at radius 1 is 0.935 bits per heavy atom. The molecular weight excluding hydrogens is 586 g/mol. The summed E-state index contributed by atoms with van der Waals surface area (Å²) in [4.78, 5) is 40.7. The van der Waals surface area contributed by atoms with Crippen molar-refractivity contribution >= 4 is 17.9 Å². The molecule has 2 aromatic rings. The highest BCUT2D eigenvalue weighted by atomic mass is 16.6. The summed E-state index contributed by atoms with van der Waals surface area (Å²) < 4.78 is 23.0. The van der Waals surface area contributed by atoms with Crippen LogP contribution in [0.5, 0.6) is 17.2 Å². The molecule has 10 heteroatoms. The zero-order chi connectivity index (χ0) is 34.2. The van der Waals surface area contributed by atoms with Gasteiger partial charge in [-0.1, -0.05) is 12.1 Å². The van der Waals surface area contributed by atoms with Crippen molar-refractivity contribution in [2.45, 2.75) is 111 Å². The molecule has 1 saturated heterocycles. The van der Waals surface area contributed by atoms with Gasteiger partial charge in [-0.3, -0.25) is 14.5 Å². The topological polar surface area (TPSA) is 115 Å². The molecule has 1 fully saturated rings. The van der Waals surface area contributed by atoms with Gasteiger partial charge < -0.3 is 29.6 Å². The Balaban J connectivity index is 1.63. The fourth-order valence-corrected chi connectivity index (χ4v) is 5.88. The molecule has 254 valence electrons. The molecule has 2 aromatic carbocycles. The van der Waals surface area contributed by atoms with E-state index in [-0.39, 0.29) is 24.3 Å². The fraction of sp³-hybridized carbons (Fsp3) is 0.583. The summed E-state index contributed by atoms with van der Waals surface area (Å²) in [7, 11) is 3.39. The Labute approximate surface area is 274 Å². The van der Waals surface area contributed by atoms with Crippen LogP contribution in [0.4, 0.5) is 4.79 Å². The molecule has 0 saturated carbocycles. The summed E-state index contributed by atoms with van der Waals surface area (Å²) in [6.07, 6.45) is 2.54. The third-order valence-corrected chi connectivity index (χ3v) is 8.17. The summed E-state index contributed by atoms with van der Waals surface area (Å²) in [6, 6.07) is 5.97. The van der Waals surface area contributed by atoms with E-state index in [2.05, 4.69) is 17.6 Å². The highest BCUT2D eigenvalue weighted by Gasteiger charge is 2.38. The number of carbonyl (C=O) groups is 3. The van der Waals surface area contributed by atoms with Gasteiger partial charge in [-0.15, -0.1) is 0 Å². The lowest BCUT2D eigenvalue weighted by atomic mass is 9.94. The molecule has 1 aliphatic rings. The predicted octanol–water partition coefficient (Wildman–Crippen LogP) is 5.59. The number of nitrogens with zero attached hydrogens (tertiary/aromatic N) is 1. The van der Waals surface area contributed by atoms with Crippen molar-refractivity contribution in [2.75, 3.05) is 27.4 Å². The quantitative estimate of drug-likeness (QED) is 0.275. The Kier molecular flexibility index (Phi) is 12.7. The monoisotopic (exact) mass is 639 g/mol. The highest BCUT2D eigenvalue weighted by molar-refractivity contribution is 5.91. The molecule has 0 spiro atoms. The van der Waals surface area contributed by atoms with Crippen molar-refractivity contribution in [3.05, 3.63) is 52.1 Å². The smallest absolute Gasteiger partial charge is 0.410 e. The number of likely N-dealkylation sites (tertiary alicyclic amines) is 1. The molecule has 3 amide bonds. The number of methoxy groups -OCH3 is 2. The highest BCUT2D eigenvalue weighted by Crippen LogP contribution is 2.38. The van der Waals surface area contributed by atoms with Crippen LogP contribution in [-0.4, -0.2) is 73.9 Å². The van der Waals surface area contributed by atoms with Crippen LogP contribution >= 0.6 is 0 Å². The summed E-state index contributed by atoms with van der Waals surface area (Å²) in [5.74, 6) is 1.87. The largest absolute Gasteiger partial charge is 0.496 e. The SMILES string of the molecule is COc1c(C)c(C)c(OC)c(CCCOc2ccc(CC(NC(=O)C3CCCN3C(=O)OC(C)(C)C)C(=O)NC(C)C)cc2)c1C. The number of amides is 3. The van der Waals surface area contributed by atoms with Gasteiger partial charge in [-0.2, -0.15) is 0 Å². The molecule has 2 N–H and O–H groups in total. The molecule has 1 aliphatic heterocycles. The standard InChI is InChI=1S/C36H53N3O7/c1-22(2)37-33(40)29(38-34(41)30-14-11-19-39(30)35(42)46-36(6,7)8)21-26-15-17-27(18-16-26)45-20-12-13-28-25(5)31(43-9)23(3)24(4)32(28)44-10/h15-18,22,29-30H,11-14,19-21H2,1-10H3,(H,37,40)(H,38,41). The second-order valence-electron chi connectivity index (χ2n) is 13.3. The lowest BCUT2D eigenvalue weighted by Crippen LogP contribution is -2.55. The van der Waals surface area contributed by atoms with Gasteiger partial charge in [0.2, 0.25) is 11.8 Å². The molecule has 0 aromatic heterocycles. The molecule has 10 nitrogen and oxygen atoms in total. The molecule has 1 heterocycles. The van der Waals surface area contributed by atoms with Crippen molar-refractivity contribution in [1.29, 1.82) is 0 Å².